The first kappa shape index (κ1) is 14.4. The molecule has 0 saturated heterocycles. The molecule has 0 aromatic heterocycles. The molecule has 0 aliphatic heterocycles. The minimum absolute atomic E-state index is 0.886. The number of nitrogens with zero attached hydrogens (tertiary/aromatic N) is 2. The van der Waals surface area contributed by atoms with Crippen LogP contribution in [0.2, 0.25) is 0 Å². The van der Waals surface area contributed by atoms with E-state index in [-0.39, 0.29) is 0 Å². The second-order valence-electron chi connectivity index (χ2n) is 2.78. The van der Waals surface area contributed by atoms with Crippen LogP contribution in [-0.4, -0.2) is 41.0 Å². The molecule has 3 nitrogen and oxygen atoms in total. The minimum atomic E-state index is -1.60. The summed E-state index contributed by atoms with van der Waals surface area (Å²) in [5.41, 5.74) is 0. The smallest absolute Gasteiger partial charge is 0.247 e. The Kier molecular flexibility index (Phi) is 6.21. The highest BCUT2D eigenvalue weighted by molar-refractivity contribution is 8.18. The molecule has 0 atom stereocenters. The van der Waals surface area contributed by atoms with Crippen molar-refractivity contribution in [1.82, 2.24) is 8.38 Å². The molecule has 7 heteroatoms. The Balaban J connectivity index is 4.39. The highest BCUT2D eigenvalue weighted by atomic mass is 32.4. The number of carbonyl (C=O) groups excluding carboxylic acids is 1. The lowest BCUT2D eigenvalue weighted by atomic mass is 11.0. The van der Waals surface area contributed by atoms with Gasteiger partial charge in [-0.1, -0.05) is 25.7 Å². The Hall–Kier alpha value is 0.360. The number of hydrogen-bond donors (Lipinski definition) is 0. The van der Waals surface area contributed by atoms with Crippen molar-refractivity contribution in [3.8, 4) is 0 Å². The van der Waals surface area contributed by atoms with Gasteiger partial charge in [-0.25, -0.2) is 13.2 Å². The average molecular weight is 258 g/mol. The van der Waals surface area contributed by atoms with Gasteiger partial charge in [0.15, 0.2) is 0 Å². The van der Waals surface area contributed by atoms with Crippen molar-refractivity contribution in [2.24, 2.45) is 0 Å². The minimum Gasteiger partial charge on any atom is -0.247 e. The third-order valence-electron chi connectivity index (χ3n) is 1.99. The van der Waals surface area contributed by atoms with Crippen LogP contribution in [0.3, 0.4) is 0 Å². The standard InChI is InChI=1S/C7H16FN2OPS2/c1-5-12(13,6-2)10(4)14-9(3)7(8)11/h5-6H2,1-4H3. The predicted molar refractivity (Wildman–Crippen MR) is 65.0 cm³/mol. The summed E-state index contributed by atoms with van der Waals surface area (Å²) in [6, 6.07) is 0. The largest absolute Gasteiger partial charge is 0.410 e. The summed E-state index contributed by atoms with van der Waals surface area (Å²) in [6.45, 7) is 4.05. The van der Waals surface area contributed by atoms with Gasteiger partial charge >= 0.3 is 6.16 Å². The van der Waals surface area contributed by atoms with Crippen molar-refractivity contribution in [2.45, 2.75) is 13.8 Å². The Morgan fingerprint density at radius 3 is 2.14 bits per heavy atom. The van der Waals surface area contributed by atoms with Crippen molar-refractivity contribution in [1.29, 1.82) is 0 Å². The summed E-state index contributed by atoms with van der Waals surface area (Å²) >= 11 is 6.54. The maximum Gasteiger partial charge on any atom is 0.410 e. The van der Waals surface area contributed by atoms with E-state index in [0.717, 1.165) is 28.8 Å². The first-order valence-corrected chi connectivity index (χ1v) is 8.16. The second kappa shape index (κ2) is 6.05. The summed E-state index contributed by atoms with van der Waals surface area (Å²) in [6.07, 6.45) is -1.27. The predicted octanol–water partition coefficient (Wildman–Crippen LogP) is 2.94. The van der Waals surface area contributed by atoms with Gasteiger partial charge in [0.1, 0.15) is 0 Å². The van der Waals surface area contributed by atoms with E-state index in [1.165, 1.54) is 7.05 Å². The molecule has 0 unspecified atom stereocenters. The van der Waals surface area contributed by atoms with Gasteiger partial charge in [-0.2, -0.15) is 0 Å². The molecular weight excluding hydrogens is 242 g/mol. The Morgan fingerprint density at radius 1 is 1.43 bits per heavy atom. The number of halogens is 1. The quantitative estimate of drug-likeness (QED) is 0.327. The van der Waals surface area contributed by atoms with Crippen LogP contribution in [0.25, 0.3) is 0 Å². The molecular formula is C7H16FN2OPS2. The van der Waals surface area contributed by atoms with Crippen LogP contribution in [0, 0.1) is 0 Å². The molecule has 0 fully saturated rings. The molecule has 0 spiro atoms. The van der Waals surface area contributed by atoms with Gasteiger partial charge in [0.05, 0.1) is 0 Å². The van der Waals surface area contributed by atoms with Gasteiger partial charge in [0.2, 0.25) is 0 Å². The fourth-order valence-electron chi connectivity index (χ4n) is 0.898. The second-order valence-corrected chi connectivity index (χ2v) is 9.90. The molecule has 0 aromatic carbocycles. The summed E-state index contributed by atoms with van der Waals surface area (Å²) in [5, 5.41) is 0. The van der Waals surface area contributed by atoms with Crippen LogP contribution in [0.4, 0.5) is 9.18 Å². The summed E-state index contributed by atoms with van der Waals surface area (Å²) < 4.78 is 15.1. The molecule has 0 saturated carbocycles. The van der Waals surface area contributed by atoms with Gasteiger partial charge in [-0.05, 0) is 12.3 Å². The SMILES string of the molecule is CCP(=S)(CC)N(C)SN(C)C(=O)F. The van der Waals surface area contributed by atoms with Crippen molar-refractivity contribution in [3.63, 3.8) is 0 Å². The third-order valence-corrected chi connectivity index (χ3v) is 9.37. The van der Waals surface area contributed by atoms with E-state index in [4.69, 9.17) is 11.8 Å². The maximum atomic E-state index is 12.3. The monoisotopic (exact) mass is 258 g/mol. The van der Waals surface area contributed by atoms with Crippen LogP contribution in [0.5, 0.6) is 0 Å². The summed E-state index contributed by atoms with van der Waals surface area (Å²) in [5.74, 6) is 0. The third kappa shape index (κ3) is 3.85. The van der Waals surface area contributed by atoms with E-state index in [2.05, 4.69) is 0 Å². The zero-order chi connectivity index (χ0) is 11.4. The first-order chi connectivity index (χ1) is 6.37. The van der Waals surface area contributed by atoms with Crippen LogP contribution in [0.15, 0.2) is 0 Å². The van der Waals surface area contributed by atoms with Crippen LogP contribution < -0.4 is 0 Å². The topological polar surface area (TPSA) is 23.6 Å². The molecule has 0 bridgehead atoms. The first-order valence-electron chi connectivity index (χ1n) is 4.31. The van der Waals surface area contributed by atoms with E-state index < -0.39 is 12.3 Å². The normalized spacial score (nSPS) is 11.9. The Morgan fingerprint density at radius 2 is 1.86 bits per heavy atom. The average Bonchev–Trinajstić information content (AvgIpc) is 2.16. The molecule has 0 N–H and O–H groups in total. The molecule has 1 amide bonds. The molecule has 14 heavy (non-hydrogen) atoms. The Labute approximate surface area is 94.3 Å². The number of rotatable bonds is 5. The van der Waals surface area contributed by atoms with Gasteiger partial charge in [-0.3, -0.25) is 0 Å². The highest BCUT2D eigenvalue weighted by Crippen LogP contribution is 2.52. The zero-order valence-corrected chi connectivity index (χ0v) is 11.4. The highest BCUT2D eigenvalue weighted by Gasteiger charge is 2.22. The Bertz CT molecular complexity index is 244. The fraction of sp³-hybridized carbons (Fsp3) is 0.857. The van der Waals surface area contributed by atoms with Crippen molar-refractivity contribution < 1.29 is 9.18 Å². The number of carbonyl (C=O) groups is 1. The van der Waals surface area contributed by atoms with E-state index in [0.29, 0.717) is 0 Å². The molecule has 0 rings (SSSR count). The van der Waals surface area contributed by atoms with Crippen molar-refractivity contribution in [2.75, 3.05) is 26.4 Å². The molecule has 0 radical (unpaired) electrons. The van der Waals surface area contributed by atoms with Crippen molar-refractivity contribution in [3.05, 3.63) is 0 Å². The lowest BCUT2D eigenvalue weighted by Crippen LogP contribution is -2.21. The van der Waals surface area contributed by atoms with Crippen LogP contribution >= 0.6 is 18.3 Å². The number of hydrogen-bond acceptors (Lipinski definition) is 3. The van der Waals surface area contributed by atoms with Gasteiger partial charge in [0, 0.05) is 32.4 Å². The lowest BCUT2D eigenvalue weighted by Gasteiger charge is -2.30. The molecule has 84 valence electrons. The number of amides is 1. The van der Waals surface area contributed by atoms with E-state index in [1.807, 2.05) is 25.0 Å². The van der Waals surface area contributed by atoms with Gasteiger partial charge in [-0.15, -0.1) is 4.39 Å². The van der Waals surface area contributed by atoms with E-state index in [9.17, 15) is 9.18 Å². The van der Waals surface area contributed by atoms with Crippen LogP contribution in [-0.2, 0) is 11.8 Å². The van der Waals surface area contributed by atoms with Crippen molar-refractivity contribution >= 4 is 36.3 Å². The summed E-state index contributed by atoms with van der Waals surface area (Å²) in [7, 11) is 3.21. The summed E-state index contributed by atoms with van der Waals surface area (Å²) in [4.78, 5) is 10.4. The fourth-order valence-corrected chi connectivity index (χ4v) is 4.38. The van der Waals surface area contributed by atoms with E-state index >= 15 is 0 Å². The molecule has 0 aromatic rings. The maximum absolute atomic E-state index is 12.3. The molecule has 0 heterocycles. The molecule has 0 aliphatic carbocycles. The zero-order valence-electron chi connectivity index (χ0n) is 8.86. The van der Waals surface area contributed by atoms with Crippen LogP contribution in [0.1, 0.15) is 13.8 Å². The van der Waals surface area contributed by atoms with Gasteiger partial charge in [0.25, 0.3) is 0 Å². The molecule has 0 aliphatic rings. The van der Waals surface area contributed by atoms with E-state index in [1.54, 1.807) is 0 Å². The lowest BCUT2D eigenvalue weighted by molar-refractivity contribution is 0.209. The van der Waals surface area contributed by atoms with Gasteiger partial charge < -0.3 is 0 Å².